The third kappa shape index (κ3) is 3.31. The summed E-state index contributed by atoms with van der Waals surface area (Å²) >= 11 is 3.39. The number of halogens is 1. The topological polar surface area (TPSA) is 44.8 Å². The molecule has 0 aromatic heterocycles. The van der Waals surface area contributed by atoms with Crippen molar-refractivity contribution in [2.24, 2.45) is 0 Å². The van der Waals surface area contributed by atoms with Gasteiger partial charge in [0.25, 0.3) is 0 Å². The van der Waals surface area contributed by atoms with Crippen molar-refractivity contribution in [3.05, 3.63) is 28.2 Å². The number of Topliss-reactive ketones (excluding diaryl/α,β-unsaturated/α-hetero) is 1. The van der Waals surface area contributed by atoms with Crippen molar-refractivity contribution in [3.63, 3.8) is 0 Å². The van der Waals surface area contributed by atoms with Gasteiger partial charge in [-0.3, -0.25) is 4.79 Å². The summed E-state index contributed by atoms with van der Waals surface area (Å²) in [6.45, 7) is 1.38. The van der Waals surface area contributed by atoms with Crippen LogP contribution in [-0.4, -0.2) is 38.8 Å². The molecular formula is C13H15BrO4. The number of methoxy groups -OCH3 is 1. The van der Waals surface area contributed by atoms with Crippen LogP contribution >= 0.6 is 15.9 Å². The van der Waals surface area contributed by atoms with Crippen molar-refractivity contribution in [2.45, 2.75) is 12.5 Å². The first-order valence-electron chi connectivity index (χ1n) is 5.75. The summed E-state index contributed by atoms with van der Waals surface area (Å²) in [5, 5.41) is 0. The molecule has 0 N–H and O–H groups in total. The maximum absolute atomic E-state index is 12.1. The molecule has 0 amide bonds. The highest BCUT2D eigenvalue weighted by Crippen LogP contribution is 2.24. The summed E-state index contributed by atoms with van der Waals surface area (Å²) in [6, 6.07) is 5.61. The quantitative estimate of drug-likeness (QED) is 0.852. The van der Waals surface area contributed by atoms with E-state index in [-0.39, 0.29) is 12.2 Å². The van der Waals surface area contributed by atoms with Gasteiger partial charge in [0, 0.05) is 16.5 Å². The number of benzene rings is 1. The van der Waals surface area contributed by atoms with Crippen LogP contribution in [0.1, 0.15) is 5.56 Å². The Morgan fingerprint density at radius 1 is 1.50 bits per heavy atom. The van der Waals surface area contributed by atoms with E-state index >= 15 is 0 Å². The number of hydrogen-bond donors (Lipinski definition) is 0. The van der Waals surface area contributed by atoms with E-state index in [1.54, 1.807) is 7.11 Å². The molecule has 0 bridgehead atoms. The van der Waals surface area contributed by atoms with E-state index in [1.165, 1.54) is 0 Å². The van der Waals surface area contributed by atoms with E-state index < -0.39 is 6.10 Å². The zero-order chi connectivity index (χ0) is 13.0. The summed E-state index contributed by atoms with van der Waals surface area (Å²) in [5.41, 5.74) is 0.853. The highest BCUT2D eigenvalue weighted by atomic mass is 79.9. The fourth-order valence-corrected chi connectivity index (χ4v) is 2.27. The maximum atomic E-state index is 12.1. The molecule has 1 unspecified atom stereocenters. The van der Waals surface area contributed by atoms with Gasteiger partial charge in [0.15, 0.2) is 5.78 Å². The van der Waals surface area contributed by atoms with Gasteiger partial charge in [-0.05, 0) is 18.2 Å². The normalized spacial score (nSPS) is 19.6. The Kier molecular flexibility index (Phi) is 4.74. The molecule has 4 nitrogen and oxygen atoms in total. The van der Waals surface area contributed by atoms with Gasteiger partial charge in [-0.15, -0.1) is 0 Å². The van der Waals surface area contributed by atoms with Gasteiger partial charge in [0.1, 0.15) is 11.9 Å². The minimum Gasteiger partial charge on any atom is -0.496 e. The molecule has 98 valence electrons. The Morgan fingerprint density at radius 2 is 2.33 bits per heavy atom. The molecule has 1 fully saturated rings. The molecule has 1 saturated heterocycles. The van der Waals surface area contributed by atoms with E-state index in [9.17, 15) is 4.79 Å². The molecule has 5 heteroatoms. The van der Waals surface area contributed by atoms with Crippen molar-refractivity contribution >= 4 is 21.7 Å². The van der Waals surface area contributed by atoms with Crippen molar-refractivity contribution in [1.29, 1.82) is 0 Å². The summed E-state index contributed by atoms with van der Waals surface area (Å²) in [6.07, 6.45) is -0.168. The Hall–Kier alpha value is -0.910. The second-order valence-electron chi connectivity index (χ2n) is 4.03. The molecule has 1 heterocycles. The highest BCUT2D eigenvalue weighted by Gasteiger charge is 2.23. The average Bonchev–Trinajstić information content (AvgIpc) is 2.40. The molecule has 1 aromatic rings. The molecule has 1 aliphatic heterocycles. The van der Waals surface area contributed by atoms with Crippen molar-refractivity contribution in [2.75, 3.05) is 26.9 Å². The first-order valence-corrected chi connectivity index (χ1v) is 6.54. The van der Waals surface area contributed by atoms with Crippen LogP contribution in [0.25, 0.3) is 0 Å². The van der Waals surface area contributed by atoms with Crippen molar-refractivity contribution in [1.82, 2.24) is 0 Å². The first-order chi connectivity index (χ1) is 8.70. The van der Waals surface area contributed by atoms with Gasteiger partial charge >= 0.3 is 0 Å². The van der Waals surface area contributed by atoms with Crippen LogP contribution in [0.15, 0.2) is 22.7 Å². The Bertz CT molecular complexity index is 427. The number of carbonyl (C=O) groups is 1. The van der Waals surface area contributed by atoms with Gasteiger partial charge in [-0.1, -0.05) is 15.9 Å². The standard InChI is InChI=1S/C13H15BrO4/c1-16-12-3-2-10(14)6-9(12)7-11(15)13-8-17-4-5-18-13/h2-3,6,13H,4-5,7-8H2,1H3. The van der Waals surface area contributed by atoms with Crippen LogP contribution in [0.2, 0.25) is 0 Å². The van der Waals surface area contributed by atoms with Crippen LogP contribution in [0, 0.1) is 0 Å². The summed E-state index contributed by atoms with van der Waals surface area (Å²) in [5.74, 6) is 0.731. The lowest BCUT2D eigenvalue weighted by atomic mass is 10.0. The minimum atomic E-state index is -0.456. The molecule has 1 aromatic carbocycles. The van der Waals surface area contributed by atoms with Crippen LogP contribution in [0.3, 0.4) is 0 Å². The molecule has 0 spiro atoms. The maximum Gasteiger partial charge on any atom is 0.168 e. The first kappa shape index (κ1) is 13.5. The lowest BCUT2D eigenvalue weighted by Gasteiger charge is -2.22. The Balaban J connectivity index is 2.07. The predicted molar refractivity (Wildman–Crippen MR) is 70.0 cm³/mol. The largest absolute Gasteiger partial charge is 0.496 e. The van der Waals surface area contributed by atoms with Gasteiger partial charge in [-0.25, -0.2) is 0 Å². The molecule has 1 aliphatic rings. The van der Waals surface area contributed by atoms with Gasteiger partial charge in [0.05, 0.1) is 26.9 Å². The van der Waals surface area contributed by atoms with E-state index in [4.69, 9.17) is 14.2 Å². The molecule has 1 atom stereocenters. The summed E-state index contributed by atoms with van der Waals surface area (Å²) in [7, 11) is 1.59. The lowest BCUT2D eigenvalue weighted by molar-refractivity contribution is -0.144. The zero-order valence-corrected chi connectivity index (χ0v) is 11.7. The molecule has 0 aliphatic carbocycles. The van der Waals surface area contributed by atoms with Gasteiger partial charge < -0.3 is 14.2 Å². The Morgan fingerprint density at radius 3 is 3.00 bits per heavy atom. The van der Waals surface area contributed by atoms with E-state index in [2.05, 4.69) is 15.9 Å². The summed E-state index contributed by atoms with van der Waals surface area (Å²) < 4.78 is 16.8. The van der Waals surface area contributed by atoms with E-state index in [1.807, 2.05) is 18.2 Å². The molecule has 18 heavy (non-hydrogen) atoms. The van der Waals surface area contributed by atoms with Gasteiger partial charge in [-0.2, -0.15) is 0 Å². The predicted octanol–water partition coefficient (Wildman–Crippen LogP) is 1.98. The van der Waals surface area contributed by atoms with Crippen LogP contribution in [-0.2, 0) is 20.7 Å². The van der Waals surface area contributed by atoms with Crippen molar-refractivity contribution < 1.29 is 19.0 Å². The number of rotatable bonds is 4. The number of hydrogen-bond acceptors (Lipinski definition) is 4. The number of carbonyl (C=O) groups excluding carboxylic acids is 1. The minimum absolute atomic E-state index is 0.0195. The SMILES string of the molecule is COc1ccc(Br)cc1CC(=O)C1COCCO1. The van der Waals surface area contributed by atoms with Crippen LogP contribution < -0.4 is 4.74 Å². The van der Waals surface area contributed by atoms with E-state index in [0.717, 1.165) is 10.0 Å². The summed E-state index contributed by atoms with van der Waals surface area (Å²) in [4.78, 5) is 12.1. The fourth-order valence-electron chi connectivity index (χ4n) is 1.86. The smallest absolute Gasteiger partial charge is 0.168 e. The van der Waals surface area contributed by atoms with Crippen molar-refractivity contribution in [3.8, 4) is 5.75 Å². The van der Waals surface area contributed by atoms with E-state index in [0.29, 0.717) is 25.6 Å². The molecular weight excluding hydrogens is 300 g/mol. The second-order valence-corrected chi connectivity index (χ2v) is 4.95. The number of ether oxygens (including phenoxy) is 3. The monoisotopic (exact) mass is 314 g/mol. The zero-order valence-electron chi connectivity index (χ0n) is 10.1. The number of ketones is 1. The fraction of sp³-hybridized carbons (Fsp3) is 0.462. The van der Waals surface area contributed by atoms with Crippen LogP contribution in [0.5, 0.6) is 5.75 Å². The molecule has 0 saturated carbocycles. The lowest BCUT2D eigenvalue weighted by Crippen LogP contribution is -2.36. The second kappa shape index (κ2) is 6.31. The molecule has 0 radical (unpaired) electrons. The molecule has 2 rings (SSSR count). The van der Waals surface area contributed by atoms with Gasteiger partial charge in [0.2, 0.25) is 0 Å². The average molecular weight is 315 g/mol. The third-order valence-electron chi connectivity index (χ3n) is 2.78. The van der Waals surface area contributed by atoms with Crippen LogP contribution in [0.4, 0.5) is 0 Å². The Labute approximate surface area is 114 Å². The third-order valence-corrected chi connectivity index (χ3v) is 3.28. The highest BCUT2D eigenvalue weighted by molar-refractivity contribution is 9.10.